The number of nitrogens with zero attached hydrogens (tertiary/aromatic N) is 2. The number of benzene rings is 2. The molecule has 0 saturated carbocycles. The maximum Gasteiger partial charge on any atom is 0.321 e. The van der Waals surface area contributed by atoms with Crippen molar-refractivity contribution in [1.82, 2.24) is 15.1 Å². The fourth-order valence-corrected chi connectivity index (χ4v) is 4.87. The number of amides is 2. The molecule has 0 radical (unpaired) electrons. The van der Waals surface area contributed by atoms with Crippen LogP contribution in [0.1, 0.15) is 43.9 Å². The number of carbonyl (C=O) groups is 1. The van der Waals surface area contributed by atoms with Gasteiger partial charge in [-0.1, -0.05) is 37.6 Å². The number of anilines is 1. The van der Waals surface area contributed by atoms with E-state index in [1.807, 2.05) is 48.2 Å². The fraction of sp³-hybridized carbons (Fsp3) is 0.417. The van der Waals surface area contributed by atoms with Gasteiger partial charge in [0.15, 0.2) is 0 Å². The first-order valence-corrected chi connectivity index (χ1v) is 11.1. The summed E-state index contributed by atoms with van der Waals surface area (Å²) >= 11 is 6.29. The first kappa shape index (κ1) is 21.7. The molecule has 3 N–H and O–H groups in total. The highest BCUT2D eigenvalue weighted by Gasteiger charge is 2.40. The van der Waals surface area contributed by atoms with E-state index in [2.05, 4.69) is 29.4 Å². The number of H-pyrrole nitrogens is 1. The number of hydrogen-bond acceptors (Lipinski definition) is 3. The van der Waals surface area contributed by atoms with Crippen LogP contribution in [0.3, 0.4) is 0 Å². The van der Waals surface area contributed by atoms with Crippen LogP contribution in [0, 0.1) is 18.3 Å². The van der Waals surface area contributed by atoms with E-state index in [-0.39, 0.29) is 17.4 Å². The molecule has 2 amide bonds. The topological polar surface area (TPSA) is 81.2 Å². The number of aromatic nitrogens is 2. The third-order valence-electron chi connectivity index (χ3n) is 6.65. The van der Waals surface area contributed by atoms with Crippen LogP contribution < -0.4 is 5.32 Å². The third kappa shape index (κ3) is 4.41. The Hall–Kier alpha value is -2.57. The van der Waals surface area contributed by atoms with Gasteiger partial charge in [-0.15, -0.1) is 0 Å². The Morgan fingerprint density at radius 3 is 2.74 bits per heavy atom. The molecule has 31 heavy (non-hydrogen) atoms. The van der Waals surface area contributed by atoms with Crippen LogP contribution in [0.5, 0.6) is 0 Å². The summed E-state index contributed by atoms with van der Waals surface area (Å²) in [7, 11) is 0. The van der Waals surface area contributed by atoms with E-state index >= 15 is 0 Å². The molecule has 3 aromatic rings. The highest BCUT2D eigenvalue weighted by Crippen LogP contribution is 2.46. The first-order chi connectivity index (χ1) is 14.8. The van der Waals surface area contributed by atoms with Crippen LogP contribution in [0.15, 0.2) is 42.6 Å². The molecule has 4 rings (SSSR count). The predicted molar refractivity (Wildman–Crippen MR) is 124 cm³/mol. The van der Waals surface area contributed by atoms with E-state index in [1.165, 1.54) is 0 Å². The molecule has 7 heteroatoms. The molecule has 0 unspecified atom stereocenters. The quantitative estimate of drug-likeness (QED) is 0.499. The number of aliphatic hydroxyl groups excluding tert-OH is 1. The molecule has 1 saturated heterocycles. The zero-order valence-corrected chi connectivity index (χ0v) is 18.9. The molecule has 2 aromatic carbocycles. The lowest BCUT2D eigenvalue weighted by atomic mass is 9.68. The van der Waals surface area contributed by atoms with Crippen LogP contribution in [0.25, 0.3) is 10.9 Å². The number of urea groups is 1. The summed E-state index contributed by atoms with van der Waals surface area (Å²) in [6.07, 6.45) is 2.68. The van der Waals surface area contributed by atoms with Gasteiger partial charge in [0, 0.05) is 34.7 Å². The zero-order chi connectivity index (χ0) is 22.2. The molecule has 164 valence electrons. The van der Waals surface area contributed by atoms with Crippen molar-refractivity contribution in [2.24, 2.45) is 11.3 Å². The standard InChI is InChI=1S/C24H29ClN4O2/c1-15-5-4-6-19(11-15)27-23(31)29-9-7-17(8-10-29)24(2,3)22(30)20-13-18(25)12-16-14-26-28-21(16)20/h4-6,11-14,17,22,30H,7-10H2,1-3H3,(H,26,28)(H,27,31)/t22-/m0/s1. The van der Waals surface area contributed by atoms with Gasteiger partial charge in [0.2, 0.25) is 0 Å². The summed E-state index contributed by atoms with van der Waals surface area (Å²) in [5.41, 5.74) is 3.12. The highest BCUT2D eigenvalue weighted by molar-refractivity contribution is 6.31. The van der Waals surface area contributed by atoms with Gasteiger partial charge in [0.25, 0.3) is 0 Å². The van der Waals surface area contributed by atoms with Gasteiger partial charge in [-0.3, -0.25) is 5.10 Å². The van der Waals surface area contributed by atoms with Crippen molar-refractivity contribution in [3.8, 4) is 0 Å². The van der Waals surface area contributed by atoms with Gasteiger partial charge in [-0.05, 0) is 60.9 Å². The first-order valence-electron chi connectivity index (χ1n) is 10.7. The number of halogens is 1. The van der Waals surface area contributed by atoms with E-state index in [0.29, 0.717) is 18.1 Å². The number of aryl methyl sites for hydroxylation is 1. The molecule has 1 aliphatic heterocycles. The molecule has 1 aliphatic rings. The van der Waals surface area contributed by atoms with Crippen LogP contribution in [-0.4, -0.2) is 39.3 Å². The van der Waals surface area contributed by atoms with Gasteiger partial charge in [0.1, 0.15) is 0 Å². The van der Waals surface area contributed by atoms with Crippen molar-refractivity contribution >= 4 is 34.2 Å². The number of aliphatic hydroxyl groups is 1. The van der Waals surface area contributed by atoms with Crippen molar-refractivity contribution in [3.63, 3.8) is 0 Å². The number of hydrogen-bond donors (Lipinski definition) is 3. The Kier molecular flexibility index (Phi) is 5.95. The van der Waals surface area contributed by atoms with E-state index < -0.39 is 6.10 Å². The Balaban J connectivity index is 1.43. The minimum atomic E-state index is -0.702. The van der Waals surface area contributed by atoms with Gasteiger partial charge in [-0.25, -0.2) is 4.79 Å². The number of likely N-dealkylation sites (tertiary alicyclic amines) is 1. The second kappa shape index (κ2) is 8.52. The lowest BCUT2D eigenvalue weighted by molar-refractivity contribution is -0.0138. The summed E-state index contributed by atoms with van der Waals surface area (Å²) in [5, 5.41) is 22.9. The third-order valence-corrected chi connectivity index (χ3v) is 6.87. The predicted octanol–water partition coefficient (Wildman–Crippen LogP) is 5.53. The van der Waals surface area contributed by atoms with Gasteiger partial charge >= 0.3 is 6.03 Å². The second-order valence-electron chi connectivity index (χ2n) is 9.11. The summed E-state index contributed by atoms with van der Waals surface area (Å²) in [6.45, 7) is 7.51. The molecule has 1 aromatic heterocycles. The van der Waals surface area contributed by atoms with Gasteiger partial charge in [0.05, 0.1) is 17.8 Å². The molecule has 0 bridgehead atoms. The minimum Gasteiger partial charge on any atom is -0.388 e. The summed E-state index contributed by atoms with van der Waals surface area (Å²) < 4.78 is 0. The Bertz CT molecular complexity index is 1090. The molecule has 0 aliphatic carbocycles. The molecule has 1 atom stereocenters. The molecular weight excluding hydrogens is 412 g/mol. The fourth-order valence-electron chi connectivity index (χ4n) is 4.64. The molecule has 0 spiro atoms. The lowest BCUT2D eigenvalue weighted by Gasteiger charge is -2.43. The highest BCUT2D eigenvalue weighted by atomic mass is 35.5. The van der Waals surface area contributed by atoms with Crippen molar-refractivity contribution in [2.45, 2.75) is 39.7 Å². The van der Waals surface area contributed by atoms with Crippen molar-refractivity contribution in [2.75, 3.05) is 18.4 Å². The smallest absolute Gasteiger partial charge is 0.321 e. The molecule has 2 heterocycles. The minimum absolute atomic E-state index is 0.0728. The van der Waals surface area contributed by atoms with Gasteiger partial charge in [-0.2, -0.15) is 5.10 Å². The lowest BCUT2D eigenvalue weighted by Crippen LogP contribution is -2.45. The molecule has 6 nitrogen and oxygen atoms in total. The monoisotopic (exact) mass is 440 g/mol. The van der Waals surface area contributed by atoms with E-state index in [9.17, 15) is 9.90 Å². The van der Waals surface area contributed by atoms with Crippen molar-refractivity contribution in [1.29, 1.82) is 0 Å². The molecular formula is C24H29ClN4O2. The van der Waals surface area contributed by atoms with E-state index in [4.69, 9.17) is 11.6 Å². The summed E-state index contributed by atoms with van der Waals surface area (Å²) in [4.78, 5) is 14.5. The Morgan fingerprint density at radius 2 is 2.03 bits per heavy atom. The Morgan fingerprint density at radius 1 is 1.29 bits per heavy atom. The van der Waals surface area contributed by atoms with Crippen molar-refractivity contribution in [3.05, 3.63) is 58.7 Å². The van der Waals surface area contributed by atoms with Crippen LogP contribution in [0.4, 0.5) is 10.5 Å². The number of piperidine rings is 1. The van der Waals surface area contributed by atoms with Crippen LogP contribution in [-0.2, 0) is 0 Å². The van der Waals surface area contributed by atoms with Crippen LogP contribution in [0.2, 0.25) is 5.02 Å². The number of nitrogens with one attached hydrogen (secondary N) is 2. The maximum atomic E-state index is 12.7. The largest absolute Gasteiger partial charge is 0.388 e. The van der Waals surface area contributed by atoms with Gasteiger partial charge < -0.3 is 15.3 Å². The van der Waals surface area contributed by atoms with E-state index in [0.717, 1.165) is 40.6 Å². The van der Waals surface area contributed by atoms with Crippen LogP contribution >= 0.6 is 11.6 Å². The number of carbonyl (C=O) groups excluding carboxylic acids is 1. The Labute approximate surface area is 187 Å². The number of rotatable bonds is 4. The SMILES string of the molecule is Cc1cccc(NC(=O)N2CCC(C(C)(C)[C@@H](O)c3cc(Cl)cc4cn[nH]c34)CC2)c1. The maximum absolute atomic E-state index is 12.7. The number of aromatic amines is 1. The molecule has 1 fully saturated rings. The zero-order valence-electron chi connectivity index (χ0n) is 18.2. The summed E-state index contributed by atoms with van der Waals surface area (Å²) in [6, 6.07) is 11.4. The average molecular weight is 441 g/mol. The average Bonchev–Trinajstić information content (AvgIpc) is 3.21. The summed E-state index contributed by atoms with van der Waals surface area (Å²) in [5.74, 6) is 0.266. The van der Waals surface area contributed by atoms with E-state index in [1.54, 1.807) is 6.20 Å². The number of fused-ring (bicyclic) bond motifs is 1. The normalized spacial score (nSPS) is 16.5. The van der Waals surface area contributed by atoms with Crippen molar-refractivity contribution < 1.29 is 9.90 Å². The second-order valence-corrected chi connectivity index (χ2v) is 9.55.